The van der Waals surface area contributed by atoms with Gasteiger partial charge < -0.3 is 4.74 Å². The van der Waals surface area contributed by atoms with Gasteiger partial charge in [-0.15, -0.1) is 0 Å². The van der Waals surface area contributed by atoms with Gasteiger partial charge in [0.1, 0.15) is 0 Å². The summed E-state index contributed by atoms with van der Waals surface area (Å²) in [5, 5.41) is 0. The Labute approximate surface area is 80.7 Å². The molecular weight excluding hydrogens is 155 g/mol. The second-order valence-corrected chi connectivity index (χ2v) is 1.94. The van der Waals surface area contributed by atoms with E-state index in [1.54, 1.807) is 0 Å². The van der Waals surface area contributed by atoms with Gasteiger partial charge in [-0.2, -0.15) is 0 Å². The molecular formula is C3H5NaO2S2. The van der Waals surface area contributed by atoms with Crippen LogP contribution in [0.3, 0.4) is 0 Å². The summed E-state index contributed by atoms with van der Waals surface area (Å²) in [4.78, 5) is 9.90. The molecule has 0 fully saturated rings. The Morgan fingerprint density at radius 1 is 1.75 bits per heavy atom. The van der Waals surface area contributed by atoms with Crippen molar-refractivity contribution in [1.29, 1.82) is 0 Å². The first-order chi connectivity index (χ1) is 3.13. The zero-order chi connectivity index (χ0) is 5.86. The van der Waals surface area contributed by atoms with Crippen LogP contribution in [0.4, 0.5) is 0 Å². The third kappa shape index (κ3) is 10.0. The molecule has 0 aliphatic rings. The van der Waals surface area contributed by atoms with E-state index in [9.17, 15) is 4.79 Å². The van der Waals surface area contributed by atoms with E-state index in [0.29, 0.717) is 0 Å². The Morgan fingerprint density at radius 3 is 2.12 bits per heavy atom. The predicted molar refractivity (Wildman–Crippen MR) is 40.5 cm³/mol. The standard InChI is InChI=1S/C3H4O2S2.Na.H/c1-2(4)5-3(6)7;;/h1H3,(H,6,7);;. The number of hydrogen-bond donors (Lipinski definition) is 1. The maximum atomic E-state index is 9.90. The summed E-state index contributed by atoms with van der Waals surface area (Å²) in [5.41, 5.74) is 0. The van der Waals surface area contributed by atoms with Crippen LogP contribution in [-0.4, -0.2) is 39.9 Å². The Balaban J connectivity index is 0. The molecule has 0 saturated carbocycles. The first-order valence-electron chi connectivity index (χ1n) is 1.54. The molecule has 0 rings (SSSR count). The van der Waals surface area contributed by atoms with E-state index in [2.05, 4.69) is 29.6 Å². The SMILES string of the molecule is CC(=O)OC(=S)S.[NaH]. The van der Waals surface area contributed by atoms with E-state index in [-0.39, 0.29) is 33.9 Å². The van der Waals surface area contributed by atoms with Crippen molar-refractivity contribution in [3.8, 4) is 0 Å². The molecule has 0 spiro atoms. The van der Waals surface area contributed by atoms with Crippen molar-refractivity contribution in [3.05, 3.63) is 0 Å². The molecule has 8 heavy (non-hydrogen) atoms. The molecule has 0 unspecified atom stereocenters. The fraction of sp³-hybridized carbons (Fsp3) is 0.333. The van der Waals surface area contributed by atoms with Crippen LogP contribution in [0.1, 0.15) is 6.92 Å². The van der Waals surface area contributed by atoms with Gasteiger partial charge in [0.05, 0.1) is 0 Å². The van der Waals surface area contributed by atoms with Crippen molar-refractivity contribution in [2.75, 3.05) is 0 Å². The van der Waals surface area contributed by atoms with Gasteiger partial charge in [0.25, 0.3) is 0 Å². The summed E-state index contributed by atoms with van der Waals surface area (Å²) >= 11 is 7.82. The minimum absolute atomic E-state index is 0. The van der Waals surface area contributed by atoms with Crippen molar-refractivity contribution >= 4 is 64.8 Å². The minimum atomic E-state index is -0.431. The fourth-order valence-electron chi connectivity index (χ4n) is 0.123. The zero-order valence-electron chi connectivity index (χ0n) is 3.67. The molecule has 42 valence electrons. The summed E-state index contributed by atoms with van der Waals surface area (Å²) in [6.45, 7) is 1.27. The van der Waals surface area contributed by atoms with Gasteiger partial charge in [-0.25, -0.2) is 0 Å². The maximum absolute atomic E-state index is 9.90. The van der Waals surface area contributed by atoms with Gasteiger partial charge in [0.15, 0.2) is 0 Å². The van der Waals surface area contributed by atoms with Crippen LogP contribution >= 0.6 is 24.8 Å². The molecule has 0 N–H and O–H groups in total. The van der Waals surface area contributed by atoms with Crippen LogP contribution in [0.5, 0.6) is 0 Å². The molecule has 0 heterocycles. The molecule has 0 bridgehead atoms. The Morgan fingerprint density at radius 2 is 2.12 bits per heavy atom. The molecule has 0 saturated heterocycles. The number of rotatable bonds is 0. The summed E-state index contributed by atoms with van der Waals surface area (Å²) in [6.07, 6.45) is 0. The molecule has 5 heteroatoms. The van der Waals surface area contributed by atoms with Crippen molar-refractivity contribution < 1.29 is 9.53 Å². The third-order valence-electron chi connectivity index (χ3n) is 0.231. The normalized spacial score (nSPS) is 6.75. The number of carbonyl (C=O) groups is 1. The Kier molecular flexibility index (Phi) is 8.81. The van der Waals surface area contributed by atoms with Gasteiger partial charge in [0, 0.05) is 6.92 Å². The van der Waals surface area contributed by atoms with Gasteiger partial charge >= 0.3 is 35.5 Å². The number of ether oxygens (including phenoxy) is 1. The summed E-state index contributed by atoms with van der Waals surface area (Å²) < 4.78 is 4.17. The Hall–Kier alpha value is 0.910. The number of hydrogen-bond acceptors (Lipinski definition) is 3. The monoisotopic (exact) mass is 160 g/mol. The molecule has 2 nitrogen and oxygen atoms in total. The average molecular weight is 160 g/mol. The van der Waals surface area contributed by atoms with E-state index in [1.165, 1.54) is 6.92 Å². The molecule has 0 radical (unpaired) electrons. The van der Waals surface area contributed by atoms with Crippen LogP contribution in [-0.2, 0) is 9.53 Å². The van der Waals surface area contributed by atoms with Crippen LogP contribution in [0, 0.1) is 0 Å². The van der Waals surface area contributed by atoms with Gasteiger partial charge in [0.2, 0.25) is 4.38 Å². The second kappa shape index (κ2) is 6.04. The number of thiol groups is 1. The van der Waals surface area contributed by atoms with Gasteiger partial charge in [-0.05, 0) is 12.2 Å². The molecule has 0 aromatic rings. The van der Waals surface area contributed by atoms with E-state index in [1.807, 2.05) is 0 Å². The Bertz CT molecular complexity index is 91.5. The summed E-state index contributed by atoms with van der Waals surface area (Å²) in [5.74, 6) is -0.431. The van der Waals surface area contributed by atoms with Crippen LogP contribution in [0.25, 0.3) is 0 Å². The third-order valence-corrected chi connectivity index (χ3v) is 0.406. The summed E-state index contributed by atoms with van der Waals surface area (Å²) in [7, 11) is 0. The molecule has 0 aromatic carbocycles. The van der Waals surface area contributed by atoms with E-state index < -0.39 is 5.97 Å². The second-order valence-electron chi connectivity index (χ2n) is 0.860. The molecule has 0 aromatic heterocycles. The number of carbonyl (C=O) groups excluding carboxylic acids is 1. The quantitative estimate of drug-likeness (QED) is 0.236. The number of esters is 1. The first-order valence-corrected chi connectivity index (χ1v) is 2.40. The topological polar surface area (TPSA) is 26.3 Å². The first kappa shape index (κ1) is 11.7. The fourth-order valence-corrected chi connectivity index (χ4v) is 0.369. The molecule has 0 atom stereocenters. The molecule has 0 aliphatic carbocycles. The van der Waals surface area contributed by atoms with Gasteiger partial charge in [-0.1, -0.05) is 12.6 Å². The van der Waals surface area contributed by atoms with E-state index in [4.69, 9.17) is 0 Å². The van der Waals surface area contributed by atoms with Crippen molar-refractivity contribution in [2.45, 2.75) is 6.92 Å². The van der Waals surface area contributed by atoms with E-state index >= 15 is 0 Å². The predicted octanol–water partition coefficient (Wildman–Crippen LogP) is 0.116. The van der Waals surface area contributed by atoms with Crippen LogP contribution in [0.2, 0.25) is 0 Å². The van der Waals surface area contributed by atoms with Gasteiger partial charge in [-0.3, -0.25) is 4.79 Å². The van der Waals surface area contributed by atoms with Crippen LogP contribution in [0.15, 0.2) is 0 Å². The van der Waals surface area contributed by atoms with Crippen molar-refractivity contribution in [2.24, 2.45) is 0 Å². The molecule has 0 amide bonds. The summed E-state index contributed by atoms with van der Waals surface area (Å²) in [6, 6.07) is 0. The van der Waals surface area contributed by atoms with Crippen molar-refractivity contribution in [1.82, 2.24) is 0 Å². The zero-order valence-corrected chi connectivity index (χ0v) is 5.38. The average Bonchev–Trinajstić information content (AvgIpc) is 1.27. The van der Waals surface area contributed by atoms with Crippen LogP contribution < -0.4 is 0 Å². The number of thiocarbonyl (C=S) groups is 1. The van der Waals surface area contributed by atoms with Crippen molar-refractivity contribution in [3.63, 3.8) is 0 Å². The molecule has 0 aliphatic heterocycles. The van der Waals surface area contributed by atoms with E-state index in [0.717, 1.165) is 0 Å².